The van der Waals surface area contributed by atoms with Gasteiger partial charge in [0.15, 0.2) is 0 Å². The number of hydrogen-bond donors (Lipinski definition) is 1. The molecule has 0 saturated carbocycles. The minimum atomic E-state index is -0.333. The minimum Gasteiger partial charge on any atom is -0.465 e. The molecule has 0 radical (unpaired) electrons. The largest absolute Gasteiger partial charge is 0.465 e. The van der Waals surface area contributed by atoms with E-state index >= 15 is 0 Å². The second-order valence-corrected chi connectivity index (χ2v) is 5.97. The van der Waals surface area contributed by atoms with Crippen LogP contribution in [0.15, 0.2) is 6.33 Å². The van der Waals surface area contributed by atoms with E-state index in [-0.39, 0.29) is 12.1 Å². The number of thiophene rings is 1. The summed E-state index contributed by atoms with van der Waals surface area (Å²) in [6.45, 7) is 3.44. The fourth-order valence-corrected chi connectivity index (χ4v) is 3.58. The topological polar surface area (TPSA) is 73.3 Å². The minimum absolute atomic E-state index is 0.231. The fraction of sp³-hybridized carbons (Fsp3) is 0.500. The molecule has 3 heterocycles. The molecule has 7 heteroatoms. The number of rotatable bonds is 4. The van der Waals surface area contributed by atoms with Crippen molar-refractivity contribution in [2.24, 2.45) is 0 Å². The van der Waals surface area contributed by atoms with Gasteiger partial charge in [0, 0.05) is 13.2 Å². The van der Waals surface area contributed by atoms with Crippen LogP contribution < -0.4 is 5.32 Å². The summed E-state index contributed by atoms with van der Waals surface area (Å²) in [6, 6.07) is 0. The van der Waals surface area contributed by atoms with Gasteiger partial charge in [-0.1, -0.05) is 0 Å². The summed E-state index contributed by atoms with van der Waals surface area (Å²) in [5, 5.41) is 4.21. The van der Waals surface area contributed by atoms with Gasteiger partial charge < -0.3 is 14.8 Å². The third kappa shape index (κ3) is 2.71. The van der Waals surface area contributed by atoms with Gasteiger partial charge in [0.1, 0.15) is 21.9 Å². The molecule has 0 amide bonds. The van der Waals surface area contributed by atoms with Crippen LogP contribution in [-0.2, 0) is 9.47 Å². The quantitative estimate of drug-likeness (QED) is 0.874. The van der Waals surface area contributed by atoms with Gasteiger partial charge in [-0.05, 0) is 25.3 Å². The van der Waals surface area contributed by atoms with Gasteiger partial charge in [-0.3, -0.25) is 0 Å². The van der Waals surface area contributed by atoms with Crippen molar-refractivity contribution in [1.29, 1.82) is 0 Å². The zero-order valence-corrected chi connectivity index (χ0v) is 12.8. The van der Waals surface area contributed by atoms with E-state index in [4.69, 9.17) is 9.47 Å². The van der Waals surface area contributed by atoms with E-state index in [2.05, 4.69) is 15.3 Å². The first-order chi connectivity index (χ1) is 10.2. The zero-order valence-electron chi connectivity index (χ0n) is 12.0. The summed E-state index contributed by atoms with van der Waals surface area (Å²) in [4.78, 5) is 21.7. The number of hydrogen-bond acceptors (Lipinski definition) is 7. The van der Waals surface area contributed by atoms with Gasteiger partial charge in [-0.15, -0.1) is 11.3 Å². The first-order valence-electron chi connectivity index (χ1n) is 6.88. The van der Waals surface area contributed by atoms with Crippen molar-refractivity contribution in [3.05, 3.63) is 16.8 Å². The normalized spacial score (nSPS) is 18.1. The van der Waals surface area contributed by atoms with Crippen molar-refractivity contribution < 1.29 is 14.3 Å². The summed E-state index contributed by atoms with van der Waals surface area (Å²) in [6.07, 6.45) is 3.92. The Balaban J connectivity index is 1.91. The van der Waals surface area contributed by atoms with Crippen LogP contribution in [0, 0.1) is 6.92 Å². The van der Waals surface area contributed by atoms with Crippen LogP contribution in [-0.4, -0.2) is 42.3 Å². The number of esters is 1. The molecule has 0 aliphatic carbocycles. The Hall–Kier alpha value is -1.73. The molecule has 112 valence electrons. The lowest BCUT2D eigenvalue weighted by molar-refractivity contribution is 0.0605. The average Bonchev–Trinajstić information content (AvgIpc) is 3.13. The second kappa shape index (κ2) is 5.95. The lowest BCUT2D eigenvalue weighted by atomic mass is 10.2. The van der Waals surface area contributed by atoms with E-state index in [1.165, 1.54) is 24.8 Å². The Morgan fingerprint density at radius 1 is 1.57 bits per heavy atom. The maximum absolute atomic E-state index is 11.8. The van der Waals surface area contributed by atoms with E-state index < -0.39 is 0 Å². The van der Waals surface area contributed by atoms with E-state index in [0.717, 1.165) is 47.6 Å². The standard InChI is InChI=1S/C14H17N3O3S/c1-8-10-12(15-6-9-4-3-5-20-9)16-7-17-13(10)21-11(8)14(18)19-2/h7,9H,3-6H2,1-2H3,(H,15,16,17). The summed E-state index contributed by atoms with van der Waals surface area (Å²) in [5.74, 6) is 0.417. The van der Waals surface area contributed by atoms with Crippen LogP contribution in [0.4, 0.5) is 5.82 Å². The van der Waals surface area contributed by atoms with Crippen LogP contribution >= 0.6 is 11.3 Å². The summed E-state index contributed by atoms with van der Waals surface area (Å²) < 4.78 is 10.4. The molecule has 1 atom stereocenters. The van der Waals surface area contributed by atoms with Crippen molar-refractivity contribution in [3.8, 4) is 0 Å². The number of aromatic nitrogens is 2. The molecular weight excluding hydrogens is 290 g/mol. The number of nitrogens with one attached hydrogen (secondary N) is 1. The fourth-order valence-electron chi connectivity index (χ4n) is 2.51. The molecule has 2 aromatic heterocycles. The van der Waals surface area contributed by atoms with Crippen LogP contribution in [0.5, 0.6) is 0 Å². The molecule has 0 bridgehead atoms. The van der Waals surface area contributed by atoms with Crippen LogP contribution in [0.2, 0.25) is 0 Å². The van der Waals surface area contributed by atoms with Crippen molar-refractivity contribution in [1.82, 2.24) is 9.97 Å². The molecule has 2 aromatic rings. The third-order valence-electron chi connectivity index (χ3n) is 3.62. The number of ether oxygens (including phenoxy) is 2. The summed E-state index contributed by atoms with van der Waals surface area (Å²) in [5.41, 5.74) is 0.859. The van der Waals surface area contributed by atoms with Crippen molar-refractivity contribution in [3.63, 3.8) is 0 Å². The Morgan fingerprint density at radius 3 is 3.14 bits per heavy atom. The molecule has 0 spiro atoms. The molecule has 0 aromatic carbocycles. The van der Waals surface area contributed by atoms with E-state index in [1.807, 2.05) is 6.92 Å². The van der Waals surface area contributed by atoms with Crippen LogP contribution in [0.3, 0.4) is 0 Å². The van der Waals surface area contributed by atoms with Crippen LogP contribution in [0.1, 0.15) is 28.1 Å². The van der Waals surface area contributed by atoms with E-state index in [0.29, 0.717) is 4.88 Å². The molecule has 1 aliphatic heterocycles. The molecular formula is C14H17N3O3S. The smallest absolute Gasteiger partial charge is 0.348 e. The Labute approximate surface area is 126 Å². The van der Waals surface area contributed by atoms with Crippen molar-refractivity contribution in [2.45, 2.75) is 25.9 Å². The van der Waals surface area contributed by atoms with Gasteiger partial charge in [-0.2, -0.15) is 0 Å². The summed E-state index contributed by atoms with van der Waals surface area (Å²) in [7, 11) is 1.38. The monoisotopic (exact) mass is 307 g/mol. The number of carbonyl (C=O) groups excluding carboxylic acids is 1. The zero-order chi connectivity index (χ0) is 14.8. The van der Waals surface area contributed by atoms with Gasteiger partial charge in [-0.25, -0.2) is 14.8 Å². The van der Waals surface area contributed by atoms with Gasteiger partial charge in [0.2, 0.25) is 0 Å². The maximum Gasteiger partial charge on any atom is 0.348 e. The number of fused-ring (bicyclic) bond motifs is 1. The van der Waals surface area contributed by atoms with Crippen molar-refractivity contribution >= 4 is 33.3 Å². The predicted octanol–water partition coefficient (Wildman–Crippen LogP) is 2.38. The molecule has 21 heavy (non-hydrogen) atoms. The first kappa shape index (κ1) is 14.2. The van der Waals surface area contributed by atoms with Crippen LogP contribution in [0.25, 0.3) is 10.2 Å². The lowest BCUT2D eigenvalue weighted by Gasteiger charge is -2.12. The highest BCUT2D eigenvalue weighted by atomic mass is 32.1. The first-order valence-corrected chi connectivity index (χ1v) is 7.70. The number of carbonyl (C=O) groups is 1. The number of anilines is 1. The highest BCUT2D eigenvalue weighted by molar-refractivity contribution is 7.20. The molecule has 1 saturated heterocycles. The Kier molecular flexibility index (Phi) is 4.03. The SMILES string of the molecule is COC(=O)c1sc2ncnc(NCC3CCCO3)c2c1C. The highest BCUT2D eigenvalue weighted by Crippen LogP contribution is 2.33. The average molecular weight is 307 g/mol. The van der Waals surface area contributed by atoms with E-state index in [9.17, 15) is 4.79 Å². The van der Waals surface area contributed by atoms with Gasteiger partial charge in [0.25, 0.3) is 0 Å². The summed E-state index contributed by atoms with van der Waals surface area (Å²) >= 11 is 1.33. The van der Waals surface area contributed by atoms with Gasteiger partial charge >= 0.3 is 5.97 Å². The Bertz CT molecular complexity index is 665. The van der Waals surface area contributed by atoms with Crippen molar-refractivity contribution in [2.75, 3.05) is 25.6 Å². The highest BCUT2D eigenvalue weighted by Gasteiger charge is 2.21. The van der Waals surface area contributed by atoms with Gasteiger partial charge in [0.05, 0.1) is 18.6 Å². The third-order valence-corrected chi connectivity index (χ3v) is 4.80. The molecule has 1 fully saturated rings. The van der Waals surface area contributed by atoms with E-state index in [1.54, 1.807) is 0 Å². The predicted molar refractivity (Wildman–Crippen MR) is 81.0 cm³/mol. The number of aryl methyl sites for hydroxylation is 1. The molecule has 1 aliphatic rings. The number of methoxy groups -OCH3 is 1. The molecule has 3 rings (SSSR count). The number of nitrogens with zero attached hydrogens (tertiary/aromatic N) is 2. The molecule has 1 unspecified atom stereocenters. The molecule has 1 N–H and O–H groups in total. The Morgan fingerprint density at radius 2 is 2.43 bits per heavy atom. The lowest BCUT2D eigenvalue weighted by Crippen LogP contribution is -2.19. The molecule has 6 nitrogen and oxygen atoms in total. The second-order valence-electron chi connectivity index (χ2n) is 4.97. The maximum atomic E-state index is 11.8.